The van der Waals surface area contributed by atoms with Crippen LogP contribution >= 0.6 is 36.2 Å². The van der Waals surface area contributed by atoms with Crippen molar-refractivity contribution in [3.8, 4) is 0 Å². The first-order chi connectivity index (χ1) is 4.36. The van der Waals surface area contributed by atoms with E-state index in [1.807, 2.05) is 0 Å². The predicted octanol–water partition coefficient (Wildman–Crippen LogP) is 0.333. The number of aliphatic hydroxyl groups excluding tert-OH is 1. The molecule has 1 heterocycles. The van der Waals surface area contributed by atoms with Crippen LogP contribution in [-0.4, -0.2) is 15.3 Å². The van der Waals surface area contributed by atoms with Crippen LogP contribution in [0.25, 0.3) is 0 Å². The number of aliphatic hydroxyl groups is 1. The molecule has 7 heteroatoms. The van der Waals surface area contributed by atoms with Crippen molar-refractivity contribution in [3.63, 3.8) is 0 Å². The van der Waals surface area contributed by atoms with E-state index in [1.54, 1.807) is 0 Å². The number of halogens is 2. The molecule has 0 radical (unpaired) electrons. The summed E-state index contributed by atoms with van der Waals surface area (Å²) >= 11 is 1.34. The van der Waals surface area contributed by atoms with Gasteiger partial charge in [-0.1, -0.05) is 11.3 Å². The zero-order valence-corrected chi connectivity index (χ0v) is 8.01. The van der Waals surface area contributed by atoms with Gasteiger partial charge in [0.15, 0.2) is 0 Å². The van der Waals surface area contributed by atoms with Gasteiger partial charge in [-0.2, -0.15) is 0 Å². The highest BCUT2D eigenvalue weighted by Gasteiger charge is 1.98. The van der Waals surface area contributed by atoms with Crippen LogP contribution in [0.4, 0.5) is 0 Å². The van der Waals surface area contributed by atoms with Crippen LogP contribution in [-0.2, 0) is 13.2 Å². The average molecular weight is 218 g/mol. The second kappa shape index (κ2) is 6.75. The van der Waals surface area contributed by atoms with Gasteiger partial charge in [-0.15, -0.1) is 35.0 Å². The van der Waals surface area contributed by atoms with E-state index in [2.05, 4.69) is 10.2 Å². The summed E-state index contributed by atoms with van der Waals surface area (Å²) in [6.45, 7) is 0.356. The van der Waals surface area contributed by atoms with Gasteiger partial charge >= 0.3 is 0 Å². The second-order valence-corrected chi connectivity index (χ2v) is 2.60. The Hall–Kier alpha value is 0.0600. The Morgan fingerprint density at radius 3 is 2.09 bits per heavy atom. The highest BCUT2D eigenvalue weighted by molar-refractivity contribution is 7.11. The number of hydrogen-bond acceptors (Lipinski definition) is 5. The van der Waals surface area contributed by atoms with Gasteiger partial charge in [-0.3, -0.25) is 0 Å². The summed E-state index contributed by atoms with van der Waals surface area (Å²) in [7, 11) is 0. The molecule has 0 saturated carbocycles. The van der Waals surface area contributed by atoms with Crippen molar-refractivity contribution in [2.45, 2.75) is 13.2 Å². The third-order valence-electron chi connectivity index (χ3n) is 0.819. The van der Waals surface area contributed by atoms with E-state index < -0.39 is 0 Å². The molecule has 0 spiro atoms. The number of nitrogens with two attached hydrogens (primary N) is 1. The van der Waals surface area contributed by atoms with Crippen LogP contribution in [0.5, 0.6) is 0 Å². The van der Waals surface area contributed by atoms with E-state index in [4.69, 9.17) is 10.8 Å². The van der Waals surface area contributed by atoms with E-state index in [1.165, 1.54) is 11.3 Å². The number of nitrogens with zero attached hydrogens (tertiary/aromatic N) is 2. The Morgan fingerprint density at radius 2 is 1.82 bits per heavy atom. The second-order valence-electron chi connectivity index (χ2n) is 1.45. The van der Waals surface area contributed by atoms with E-state index in [9.17, 15) is 0 Å². The van der Waals surface area contributed by atoms with Crippen LogP contribution < -0.4 is 5.73 Å². The maximum absolute atomic E-state index is 8.51. The molecule has 0 aliphatic rings. The van der Waals surface area contributed by atoms with Crippen molar-refractivity contribution >= 4 is 36.2 Å². The Morgan fingerprint density at radius 1 is 1.27 bits per heavy atom. The van der Waals surface area contributed by atoms with Crippen molar-refractivity contribution < 1.29 is 5.11 Å². The lowest BCUT2D eigenvalue weighted by molar-refractivity contribution is 0.280. The smallest absolute Gasteiger partial charge is 0.143 e. The Bertz CT molecular complexity index is 177. The Labute approximate surface area is 80.6 Å². The fourth-order valence-corrected chi connectivity index (χ4v) is 1.02. The topological polar surface area (TPSA) is 72.0 Å². The molecule has 0 amide bonds. The molecule has 3 N–H and O–H groups in total. The average Bonchev–Trinajstić information content (AvgIpc) is 2.34. The van der Waals surface area contributed by atoms with Crippen LogP contribution in [0.15, 0.2) is 0 Å². The minimum absolute atomic E-state index is 0. The maximum Gasteiger partial charge on any atom is 0.143 e. The van der Waals surface area contributed by atoms with E-state index in [0.717, 1.165) is 5.01 Å². The number of rotatable bonds is 2. The first-order valence-corrected chi connectivity index (χ1v) is 3.30. The van der Waals surface area contributed by atoms with E-state index in [-0.39, 0.29) is 31.4 Å². The summed E-state index contributed by atoms with van der Waals surface area (Å²) in [6, 6.07) is 0. The zero-order chi connectivity index (χ0) is 6.69. The molecule has 0 unspecified atom stereocenters. The van der Waals surface area contributed by atoms with E-state index in [0.29, 0.717) is 11.6 Å². The molecule has 0 aliphatic carbocycles. The van der Waals surface area contributed by atoms with Crippen LogP contribution in [0.1, 0.15) is 10.0 Å². The number of hydrogen-bond donors (Lipinski definition) is 2. The minimum Gasteiger partial charge on any atom is -0.389 e. The molecule has 1 rings (SSSR count). The quantitative estimate of drug-likeness (QED) is 0.750. The summed E-state index contributed by atoms with van der Waals surface area (Å²) in [5, 5.41) is 17.2. The van der Waals surface area contributed by atoms with Crippen LogP contribution in [0.3, 0.4) is 0 Å². The number of aromatic nitrogens is 2. The molecule has 1 aromatic heterocycles. The molecule has 0 atom stereocenters. The molecule has 11 heavy (non-hydrogen) atoms. The molecule has 0 saturated heterocycles. The SMILES string of the molecule is Cl.Cl.NCc1nnc(CO)s1. The molecule has 1 aromatic rings. The highest BCUT2D eigenvalue weighted by Crippen LogP contribution is 2.07. The van der Waals surface area contributed by atoms with Gasteiger partial charge in [-0.25, -0.2) is 0 Å². The van der Waals surface area contributed by atoms with Gasteiger partial charge in [0.1, 0.15) is 10.0 Å². The summed E-state index contributed by atoms with van der Waals surface area (Å²) in [5.41, 5.74) is 5.24. The molecular formula is C4H9Cl2N3OS. The fourth-order valence-electron chi connectivity index (χ4n) is 0.435. The largest absolute Gasteiger partial charge is 0.389 e. The normalized spacial score (nSPS) is 8.18. The van der Waals surface area contributed by atoms with Gasteiger partial charge in [-0.05, 0) is 0 Å². The van der Waals surface area contributed by atoms with Gasteiger partial charge in [0, 0.05) is 6.54 Å². The van der Waals surface area contributed by atoms with Crippen molar-refractivity contribution in [2.24, 2.45) is 5.73 Å². The van der Waals surface area contributed by atoms with Gasteiger partial charge in [0.05, 0.1) is 6.61 Å². The van der Waals surface area contributed by atoms with Crippen LogP contribution in [0, 0.1) is 0 Å². The third kappa shape index (κ3) is 3.83. The third-order valence-corrected chi connectivity index (χ3v) is 1.75. The summed E-state index contributed by atoms with van der Waals surface area (Å²) in [5.74, 6) is 0. The lowest BCUT2D eigenvalue weighted by Gasteiger charge is -1.79. The van der Waals surface area contributed by atoms with Crippen molar-refractivity contribution in [3.05, 3.63) is 10.0 Å². The summed E-state index contributed by atoms with van der Waals surface area (Å²) < 4.78 is 0. The molecular weight excluding hydrogens is 209 g/mol. The molecule has 0 fully saturated rings. The Kier molecular flexibility index (Phi) is 8.37. The van der Waals surface area contributed by atoms with Gasteiger partial charge in [0.2, 0.25) is 0 Å². The first kappa shape index (κ1) is 13.6. The lowest BCUT2D eigenvalue weighted by Crippen LogP contribution is -1.94. The maximum atomic E-state index is 8.51. The first-order valence-electron chi connectivity index (χ1n) is 2.49. The summed E-state index contributed by atoms with van der Waals surface area (Å²) in [6.07, 6.45) is 0. The molecule has 0 bridgehead atoms. The molecule has 4 nitrogen and oxygen atoms in total. The lowest BCUT2D eigenvalue weighted by atomic mass is 10.7. The summed E-state index contributed by atoms with van der Waals surface area (Å²) in [4.78, 5) is 0. The zero-order valence-electron chi connectivity index (χ0n) is 5.56. The standard InChI is InChI=1S/C4H7N3OS.2ClH/c5-1-3-6-7-4(2-8)9-3;;/h8H,1-2,5H2;2*1H. The van der Waals surface area contributed by atoms with Crippen LogP contribution in [0.2, 0.25) is 0 Å². The Balaban J connectivity index is 0. The predicted molar refractivity (Wildman–Crippen MR) is 48.2 cm³/mol. The monoisotopic (exact) mass is 217 g/mol. The fraction of sp³-hybridized carbons (Fsp3) is 0.500. The van der Waals surface area contributed by atoms with Gasteiger partial charge < -0.3 is 10.8 Å². The molecule has 0 aromatic carbocycles. The van der Waals surface area contributed by atoms with E-state index >= 15 is 0 Å². The van der Waals surface area contributed by atoms with Crippen molar-refractivity contribution in [1.82, 2.24) is 10.2 Å². The molecule has 66 valence electrons. The molecule has 0 aliphatic heterocycles. The van der Waals surface area contributed by atoms with Crippen molar-refractivity contribution in [1.29, 1.82) is 0 Å². The minimum atomic E-state index is -0.0440. The van der Waals surface area contributed by atoms with Gasteiger partial charge in [0.25, 0.3) is 0 Å². The van der Waals surface area contributed by atoms with Crippen molar-refractivity contribution in [2.75, 3.05) is 0 Å². The highest BCUT2D eigenvalue weighted by atomic mass is 35.5.